The van der Waals surface area contributed by atoms with Gasteiger partial charge in [-0.15, -0.1) is 10.2 Å². The Morgan fingerprint density at radius 1 is 1.11 bits per heavy atom. The molecule has 28 heavy (non-hydrogen) atoms. The van der Waals surface area contributed by atoms with Gasteiger partial charge in [0, 0.05) is 29.1 Å². The molecule has 4 aromatic rings. The van der Waals surface area contributed by atoms with Gasteiger partial charge in [0.2, 0.25) is 0 Å². The summed E-state index contributed by atoms with van der Waals surface area (Å²) < 4.78 is 2.16. The zero-order valence-electron chi connectivity index (χ0n) is 16.1. The predicted molar refractivity (Wildman–Crippen MR) is 110 cm³/mol. The number of piperidine rings is 1. The summed E-state index contributed by atoms with van der Waals surface area (Å²) in [6.07, 6.45) is 4.19. The number of aromatic hydroxyl groups is 1. The molecule has 142 valence electrons. The SMILES string of the molecule is Cc1c(-c2ccc3ccccc3c2O)nnc2c1ncn2[C@@H]1CCCN(C)C1. The normalized spacial score (nSPS) is 18.1. The Kier molecular flexibility index (Phi) is 4.02. The molecule has 0 radical (unpaired) electrons. The zero-order chi connectivity index (χ0) is 19.3. The summed E-state index contributed by atoms with van der Waals surface area (Å²) in [6, 6.07) is 12.1. The third kappa shape index (κ3) is 2.64. The van der Waals surface area contributed by atoms with E-state index < -0.39 is 0 Å². The first kappa shape index (κ1) is 17.1. The molecule has 0 unspecified atom stereocenters. The summed E-state index contributed by atoms with van der Waals surface area (Å²) >= 11 is 0. The van der Waals surface area contributed by atoms with E-state index in [2.05, 4.69) is 31.7 Å². The summed E-state index contributed by atoms with van der Waals surface area (Å²) in [5, 5.41) is 21.7. The molecule has 0 bridgehead atoms. The van der Waals surface area contributed by atoms with Gasteiger partial charge in [0.15, 0.2) is 5.65 Å². The van der Waals surface area contributed by atoms with E-state index in [1.807, 2.05) is 49.6 Å². The Morgan fingerprint density at radius 3 is 2.82 bits per heavy atom. The zero-order valence-corrected chi connectivity index (χ0v) is 16.1. The van der Waals surface area contributed by atoms with Gasteiger partial charge in [-0.1, -0.05) is 30.3 Å². The molecular formula is C22H23N5O. The summed E-state index contributed by atoms with van der Waals surface area (Å²) in [5.74, 6) is 0.239. The van der Waals surface area contributed by atoms with Crippen molar-refractivity contribution in [1.82, 2.24) is 24.6 Å². The molecule has 0 amide bonds. The summed E-state index contributed by atoms with van der Waals surface area (Å²) in [4.78, 5) is 7.01. The maximum absolute atomic E-state index is 10.8. The van der Waals surface area contributed by atoms with Crippen molar-refractivity contribution in [1.29, 1.82) is 0 Å². The van der Waals surface area contributed by atoms with Crippen molar-refractivity contribution in [2.24, 2.45) is 0 Å². The molecule has 0 aliphatic carbocycles. The van der Waals surface area contributed by atoms with Gasteiger partial charge < -0.3 is 14.6 Å². The minimum Gasteiger partial charge on any atom is -0.507 e. The summed E-state index contributed by atoms with van der Waals surface area (Å²) in [6.45, 7) is 4.14. The average Bonchev–Trinajstić information content (AvgIpc) is 3.14. The molecule has 1 saturated heterocycles. The predicted octanol–water partition coefficient (Wildman–Crippen LogP) is 3.93. The Labute approximate surface area is 163 Å². The van der Waals surface area contributed by atoms with Gasteiger partial charge in [0.1, 0.15) is 17.0 Å². The molecule has 1 N–H and O–H groups in total. The van der Waals surface area contributed by atoms with Crippen LogP contribution in [0.15, 0.2) is 42.7 Å². The fourth-order valence-corrected chi connectivity index (χ4v) is 4.34. The number of fused-ring (bicyclic) bond motifs is 2. The van der Waals surface area contributed by atoms with Crippen LogP contribution in [0.3, 0.4) is 0 Å². The third-order valence-electron chi connectivity index (χ3n) is 5.87. The highest BCUT2D eigenvalue weighted by molar-refractivity contribution is 5.95. The first-order valence-corrected chi connectivity index (χ1v) is 9.73. The van der Waals surface area contributed by atoms with Gasteiger partial charge in [-0.2, -0.15) is 0 Å². The average molecular weight is 373 g/mol. The highest BCUT2D eigenvalue weighted by atomic mass is 16.3. The molecule has 1 aliphatic heterocycles. The number of benzene rings is 2. The van der Waals surface area contributed by atoms with Crippen molar-refractivity contribution in [3.8, 4) is 17.0 Å². The van der Waals surface area contributed by atoms with Crippen LogP contribution in [-0.4, -0.2) is 49.9 Å². The first-order valence-electron chi connectivity index (χ1n) is 9.73. The Balaban J connectivity index is 1.63. The lowest BCUT2D eigenvalue weighted by atomic mass is 10.0. The molecule has 6 heteroatoms. The number of likely N-dealkylation sites (N-methyl/N-ethyl adjacent to an activating group) is 1. The second-order valence-corrected chi connectivity index (χ2v) is 7.74. The fourth-order valence-electron chi connectivity index (χ4n) is 4.34. The molecule has 2 aromatic carbocycles. The number of rotatable bonds is 2. The van der Waals surface area contributed by atoms with Crippen LogP contribution in [0.2, 0.25) is 0 Å². The number of nitrogens with zero attached hydrogens (tertiary/aromatic N) is 5. The smallest absolute Gasteiger partial charge is 0.183 e. The number of hydrogen-bond donors (Lipinski definition) is 1. The minimum absolute atomic E-state index is 0.239. The van der Waals surface area contributed by atoms with Crippen molar-refractivity contribution < 1.29 is 5.11 Å². The van der Waals surface area contributed by atoms with Crippen LogP contribution in [0, 0.1) is 6.92 Å². The van der Waals surface area contributed by atoms with E-state index in [1.54, 1.807) is 0 Å². The molecular weight excluding hydrogens is 350 g/mol. The van der Waals surface area contributed by atoms with Crippen LogP contribution >= 0.6 is 0 Å². The standard InChI is InChI=1S/C22H23N5O/c1-14-19(18-10-9-15-6-3-4-8-17(15)21(18)28)24-25-22-20(14)23-13-27(22)16-7-5-11-26(2)12-16/h3-4,6,8-10,13,16,28H,5,7,11-12H2,1-2H3/t16-/m1/s1. The summed E-state index contributed by atoms with van der Waals surface area (Å²) in [7, 11) is 2.16. The van der Waals surface area contributed by atoms with Crippen LogP contribution in [0.4, 0.5) is 0 Å². The van der Waals surface area contributed by atoms with Gasteiger partial charge in [-0.25, -0.2) is 4.98 Å². The van der Waals surface area contributed by atoms with E-state index in [9.17, 15) is 5.11 Å². The maximum Gasteiger partial charge on any atom is 0.183 e. The van der Waals surface area contributed by atoms with Crippen LogP contribution in [0.1, 0.15) is 24.4 Å². The molecule has 5 rings (SSSR count). The molecule has 6 nitrogen and oxygen atoms in total. The molecule has 1 fully saturated rings. The quantitative estimate of drug-likeness (QED) is 0.577. The van der Waals surface area contributed by atoms with Crippen LogP contribution in [-0.2, 0) is 0 Å². The Hall–Kier alpha value is -2.99. The molecule has 2 aromatic heterocycles. The maximum atomic E-state index is 10.8. The lowest BCUT2D eigenvalue weighted by molar-refractivity contribution is 0.214. The van der Waals surface area contributed by atoms with Crippen molar-refractivity contribution in [2.75, 3.05) is 20.1 Å². The molecule has 0 saturated carbocycles. The molecule has 3 heterocycles. The van der Waals surface area contributed by atoms with Crippen molar-refractivity contribution in [3.05, 3.63) is 48.3 Å². The number of imidazole rings is 1. The number of likely N-dealkylation sites (tertiary alicyclic amines) is 1. The number of hydrogen-bond acceptors (Lipinski definition) is 5. The van der Waals surface area contributed by atoms with Crippen LogP contribution in [0.5, 0.6) is 5.75 Å². The largest absolute Gasteiger partial charge is 0.507 e. The van der Waals surface area contributed by atoms with Gasteiger partial charge >= 0.3 is 0 Å². The van der Waals surface area contributed by atoms with Crippen molar-refractivity contribution >= 4 is 21.9 Å². The van der Waals surface area contributed by atoms with Crippen LogP contribution < -0.4 is 0 Å². The number of aryl methyl sites for hydroxylation is 1. The van der Waals surface area contributed by atoms with Crippen molar-refractivity contribution in [2.45, 2.75) is 25.8 Å². The minimum atomic E-state index is 0.239. The van der Waals surface area contributed by atoms with Gasteiger partial charge in [0.25, 0.3) is 0 Å². The van der Waals surface area contributed by atoms with Crippen molar-refractivity contribution in [3.63, 3.8) is 0 Å². The third-order valence-corrected chi connectivity index (χ3v) is 5.87. The van der Waals surface area contributed by atoms with E-state index in [0.29, 0.717) is 17.3 Å². The number of phenols is 1. The van der Waals surface area contributed by atoms with E-state index in [-0.39, 0.29) is 5.75 Å². The van der Waals surface area contributed by atoms with Gasteiger partial charge in [-0.05, 0) is 44.8 Å². The highest BCUT2D eigenvalue weighted by Crippen LogP contribution is 2.37. The highest BCUT2D eigenvalue weighted by Gasteiger charge is 2.23. The fraction of sp³-hybridized carbons (Fsp3) is 0.318. The molecule has 1 aliphatic rings. The van der Waals surface area contributed by atoms with Gasteiger partial charge in [0.05, 0.1) is 6.33 Å². The summed E-state index contributed by atoms with van der Waals surface area (Å²) in [5.41, 5.74) is 3.99. The van der Waals surface area contributed by atoms with Crippen LogP contribution in [0.25, 0.3) is 33.2 Å². The Morgan fingerprint density at radius 2 is 1.96 bits per heavy atom. The monoisotopic (exact) mass is 373 g/mol. The topological polar surface area (TPSA) is 67.1 Å². The van der Waals surface area contributed by atoms with E-state index in [1.165, 1.54) is 6.42 Å². The second-order valence-electron chi connectivity index (χ2n) is 7.74. The van der Waals surface area contributed by atoms with E-state index >= 15 is 0 Å². The van der Waals surface area contributed by atoms with E-state index in [0.717, 1.165) is 47.0 Å². The van der Waals surface area contributed by atoms with Gasteiger partial charge in [-0.3, -0.25) is 0 Å². The number of aromatic nitrogens is 4. The Bertz CT molecular complexity index is 1180. The first-order chi connectivity index (χ1) is 13.6. The molecule has 0 spiro atoms. The lowest BCUT2D eigenvalue weighted by Crippen LogP contribution is -2.33. The molecule has 1 atom stereocenters. The number of phenolic OH excluding ortho intramolecular Hbond substituents is 1. The van der Waals surface area contributed by atoms with E-state index in [4.69, 9.17) is 0 Å². The lowest BCUT2D eigenvalue weighted by Gasteiger charge is -2.30. The second kappa shape index (κ2) is 6.56.